The summed E-state index contributed by atoms with van der Waals surface area (Å²) in [6, 6.07) is 22.2. The van der Waals surface area contributed by atoms with Crippen molar-refractivity contribution in [3.8, 4) is 5.75 Å². The number of carboxylic acid groups (broad SMARTS) is 1. The highest BCUT2D eigenvalue weighted by Crippen LogP contribution is 2.31. The molecule has 0 aliphatic carbocycles. The second kappa shape index (κ2) is 9.70. The van der Waals surface area contributed by atoms with Gasteiger partial charge in [-0.3, -0.25) is 0 Å². The van der Waals surface area contributed by atoms with Crippen LogP contribution in [0.25, 0.3) is 10.8 Å². The van der Waals surface area contributed by atoms with Gasteiger partial charge in [-0.2, -0.15) is 0 Å². The van der Waals surface area contributed by atoms with Crippen LogP contribution in [0.4, 0.5) is 5.69 Å². The van der Waals surface area contributed by atoms with Gasteiger partial charge >= 0.3 is 5.97 Å². The third-order valence-electron chi connectivity index (χ3n) is 5.04. The Bertz CT molecular complexity index is 1310. The Morgan fingerprint density at radius 2 is 1.66 bits per heavy atom. The molecular weight excluding hydrogens is 469 g/mol. The number of hydrogen-bond donors (Lipinski definition) is 2. The molecule has 32 heavy (non-hydrogen) atoms. The molecule has 0 spiro atoms. The van der Waals surface area contributed by atoms with Crippen molar-refractivity contribution in [2.75, 3.05) is 5.32 Å². The van der Waals surface area contributed by atoms with Crippen LogP contribution in [0.5, 0.6) is 5.75 Å². The number of halogens is 3. The van der Waals surface area contributed by atoms with E-state index in [1.807, 2.05) is 42.5 Å². The molecule has 0 aliphatic heterocycles. The van der Waals surface area contributed by atoms with Gasteiger partial charge in [-0.25, -0.2) is 4.79 Å². The monoisotopic (exact) mass is 485 g/mol. The van der Waals surface area contributed by atoms with Gasteiger partial charge in [-0.15, -0.1) is 0 Å². The number of fused-ring (bicyclic) bond motifs is 1. The standard InChI is InChI=1S/C25H18Cl3NO3/c26-21-9-7-17(12-19(21)25(30)31)29-13-20-18-4-2-1-3-16(18)6-10-24(20)32-14-15-5-8-22(27)23(28)11-15/h1-12,29H,13-14H2,(H,30,31). The molecule has 0 heterocycles. The number of ether oxygens (including phenoxy) is 1. The maximum absolute atomic E-state index is 11.4. The van der Waals surface area contributed by atoms with Crippen LogP contribution in [0.3, 0.4) is 0 Å². The molecule has 4 aromatic rings. The molecule has 0 unspecified atom stereocenters. The van der Waals surface area contributed by atoms with Gasteiger partial charge in [0.2, 0.25) is 0 Å². The molecule has 0 saturated heterocycles. The number of rotatable bonds is 7. The number of carbonyl (C=O) groups is 1. The van der Waals surface area contributed by atoms with Crippen LogP contribution in [0.15, 0.2) is 72.8 Å². The summed E-state index contributed by atoms with van der Waals surface area (Å²) in [4.78, 5) is 11.4. The van der Waals surface area contributed by atoms with E-state index in [4.69, 9.17) is 39.5 Å². The van der Waals surface area contributed by atoms with Crippen molar-refractivity contribution in [3.63, 3.8) is 0 Å². The topological polar surface area (TPSA) is 58.6 Å². The number of nitrogens with one attached hydrogen (secondary N) is 1. The van der Waals surface area contributed by atoms with E-state index in [9.17, 15) is 9.90 Å². The van der Waals surface area contributed by atoms with E-state index in [0.29, 0.717) is 28.9 Å². The van der Waals surface area contributed by atoms with E-state index in [1.165, 1.54) is 6.07 Å². The quantitative estimate of drug-likeness (QED) is 0.281. The SMILES string of the molecule is O=C(O)c1cc(NCc2c(OCc3ccc(Cl)c(Cl)c3)ccc3ccccc23)ccc1Cl. The number of anilines is 1. The highest BCUT2D eigenvalue weighted by atomic mass is 35.5. The fourth-order valence-corrected chi connectivity index (χ4v) is 3.93. The molecule has 0 bridgehead atoms. The Hall–Kier alpha value is -2.92. The van der Waals surface area contributed by atoms with Crippen molar-refractivity contribution < 1.29 is 14.6 Å². The van der Waals surface area contributed by atoms with Crippen LogP contribution >= 0.6 is 34.8 Å². The fourth-order valence-electron chi connectivity index (χ4n) is 3.41. The van der Waals surface area contributed by atoms with Crippen molar-refractivity contribution in [3.05, 3.63) is 105 Å². The first kappa shape index (κ1) is 22.3. The number of benzene rings is 4. The molecule has 4 rings (SSSR count). The third-order valence-corrected chi connectivity index (χ3v) is 6.11. The van der Waals surface area contributed by atoms with Gasteiger partial charge in [0.25, 0.3) is 0 Å². The van der Waals surface area contributed by atoms with Gasteiger partial charge in [0.15, 0.2) is 0 Å². The molecule has 0 aliphatic rings. The summed E-state index contributed by atoms with van der Waals surface area (Å²) >= 11 is 18.1. The Morgan fingerprint density at radius 1 is 0.875 bits per heavy atom. The van der Waals surface area contributed by atoms with Gasteiger partial charge < -0.3 is 15.2 Å². The summed E-state index contributed by atoms with van der Waals surface area (Å²) in [5, 5.41) is 15.9. The summed E-state index contributed by atoms with van der Waals surface area (Å²) in [7, 11) is 0. The minimum Gasteiger partial charge on any atom is -0.489 e. The molecule has 0 radical (unpaired) electrons. The lowest BCUT2D eigenvalue weighted by atomic mass is 10.0. The summed E-state index contributed by atoms with van der Waals surface area (Å²) < 4.78 is 6.14. The molecule has 0 aromatic heterocycles. The second-order valence-electron chi connectivity index (χ2n) is 7.15. The van der Waals surface area contributed by atoms with Gasteiger partial charge in [-0.1, -0.05) is 71.2 Å². The molecule has 4 nitrogen and oxygen atoms in total. The molecule has 0 saturated carbocycles. The van der Waals surface area contributed by atoms with Crippen LogP contribution in [0, 0.1) is 0 Å². The largest absolute Gasteiger partial charge is 0.489 e. The molecule has 162 valence electrons. The zero-order valence-corrected chi connectivity index (χ0v) is 19.0. The first-order chi connectivity index (χ1) is 15.4. The average Bonchev–Trinajstić information content (AvgIpc) is 2.79. The van der Waals surface area contributed by atoms with E-state index in [1.54, 1.807) is 24.3 Å². The molecule has 7 heteroatoms. The Kier molecular flexibility index (Phi) is 6.75. The van der Waals surface area contributed by atoms with Gasteiger partial charge in [0.1, 0.15) is 12.4 Å². The Balaban J connectivity index is 1.62. The van der Waals surface area contributed by atoms with E-state index in [-0.39, 0.29) is 10.6 Å². The van der Waals surface area contributed by atoms with Gasteiger partial charge in [0, 0.05) is 17.8 Å². The number of carboxylic acids is 1. The zero-order chi connectivity index (χ0) is 22.7. The van der Waals surface area contributed by atoms with Crippen molar-refractivity contribution in [1.29, 1.82) is 0 Å². The van der Waals surface area contributed by atoms with Crippen molar-refractivity contribution in [2.45, 2.75) is 13.2 Å². The normalized spacial score (nSPS) is 10.8. The predicted octanol–water partition coefficient (Wildman–Crippen LogP) is 7.69. The predicted molar refractivity (Wildman–Crippen MR) is 130 cm³/mol. The molecule has 0 fully saturated rings. The minimum absolute atomic E-state index is 0.0469. The van der Waals surface area contributed by atoms with E-state index < -0.39 is 5.97 Å². The van der Waals surface area contributed by atoms with Crippen LogP contribution < -0.4 is 10.1 Å². The van der Waals surface area contributed by atoms with Crippen molar-refractivity contribution in [2.24, 2.45) is 0 Å². The zero-order valence-electron chi connectivity index (χ0n) is 16.7. The maximum atomic E-state index is 11.4. The first-order valence-electron chi connectivity index (χ1n) is 9.76. The lowest BCUT2D eigenvalue weighted by Crippen LogP contribution is -2.06. The maximum Gasteiger partial charge on any atom is 0.337 e. The van der Waals surface area contributed by atoms with Crippen molar-refractivity contribution in [1.82, 2.24) is 0 Å². The van der Waals surface area contributed by atoms with Crippen LogP contribution in [-0.4, -0.2) is 11.1 Å². The van der Waals surface area contributed by atoms with E-state index in [0.717, 1.165) is 27.6 Å². The molecule has 2 N–H and O–H groups in total. The average molecular weight is 487 g/mol. The summed E-state index contributed by atoms with van der Waals surface area (Å²) in [6.45, 7) is 0.755. The minimum atomic E-state index is -1.07. The third kappa shape index (κ3) is 4.94. The highest BCUT2D eigenvalue weighted by Gasteiger charge is 2.12. The lowest BCUT2D eigenvalue weighted by Gasteiger charge is -2.16. The molecule has 0 amide bonds. The summed E-state index contributed by atoms with van der Waals surface area (Å²) in [6.07, 6.45) is 0. The molecule has 0 atom stereocenters. The van der Waals surface area contributed by atoms with E-state index >= 15 is 0 Å². The van der Waals surface area contributed by atoms with Crippen LogP contribution in [-0.2, 0) is 13.2 Å². The summed E-state index contributed by atoms with van der Waals surface area (Å²) in [5.41, 5.74) is 2.55. The fraction of sp³-hybridized carbons (Fsp3) is 0.0800. The lowest BCUT2D eigenvalue weighted by molar-refractivity contribution is 0.0697. The summed E-state index contributed by atoms with van der Waals surface area (Å²) in [5.74, 6) is -0.357. The second-order valence-corrected chi connectivity index (χ2v) is 8.38. The number of aromatic carboxylic acids is 1. The smallest absolute Gasteiger partial charge is 0.337 e. The van der Waals surface area contributed by atoms with Crippen molar-refractivity contribution >= 4 is 57.2 Å². The van der Waals surface area contributed by atoms with Crippen LogP contribution in [0.1, 0.15) is 21.5 Å². The van der Waals surface area contributed by atoms with Gasteiger partial charge in [0.05, 0.1) is 20.6 Å². The van der Waals surface area contributed by atoms with Gasteiger partial charge in [-0.05, 0) is 52.7 Å². The van der Waals surface area contributed by atoms with E-state index in [2.05, 4.69) is 5.32 Å². The van der Waals surface area contributed by atoms with Crippen LogP contribution in [0.2, 0.25) is 15.1 Å². The molecule has 4 aromatic carbocycles. The Morgan fingerprint density at radius 3 is 2.44 bits per heavy atom. The molecular formula is C25H18Cl3NO3. The first-order valence-corrected chi connectivity index (χ1v) is 10.9. The highest BCUT2D eigenvalue weighted by molar-refractivity contribution is 6.42. The Labute approximate surface area is 200 Å². The number of hydrogen-bond acceptors (Lipinski definition) is 3.